The first-order valence-corrected chi connectivity index (χ1v) is 51.3. The molecule has 0 radical (unpaired) electrons. The first-order valence-electron chi connectivity index (χ1n) is 51.3. The van der Waals surface area contributed by atoms with Crippen LogP contribution in [0.1, 0.15) is 471 Å². The summed E-state index contributed by atoms with van der Waals surface area (Å²) in [5.41, 5.74) is 34.2. The van der Waals surface area contributed by atoms with Crippen molar-refractivity contribution in [1.82, 2.24) is 34.9 Å². The van der Waals surface area contributed by atoms with Crippen molar-refractivity contribution in [2.45, 2.75) is 459 Å². The average molecular weight is 1890 g/mol. The zero-order valence-electron chi connectivity index (χ0n) is 98.0. The van der Waals surface area contributed by atoms with E-state index < -0.39 is 0 Å². The minimum Gasteiger partial charge on any atom is -0.258 e. The first kappa shape index (κ1) is 117. The Hall–Kier alpha value is -10.1. The molecule has 0 N–H and O–H groups in total. The molecule has 9 heteroatoms. The van der Waals surface area contributed by atoms with Gasteiger partial charge in [-0.25, -0.2) is 29.9 Å². The van der Waals surface area contributed by atoms with Crippen LogP contribution >= 0.6 is 0 Å². The van der Waals surface area contributed by atoms with Crippen molar-refractivity contribution in [3.8, 4) is 79.9 Å². The molecule has 754 valence electrons. The SMILES string of the molecule is CC(C)(C)c1cc(-c2cc(-c3cc(C(C)(C)C)cc(C(C)(C)C)c3)nc(C(C)(C)C)n2)cc(C(C)(C)C)c1.CC(C)(C)c1cc(-c2cc(C(C)(C)C)cc(-c3cc(C(C)(C)C)cc(C(C)(C)C)c3)n2)cc(C(C)(C)C)c1.CC(C)(C)c1cc(-c2nc(-c3cc(C(C)(C)C)cc(C(C)(C)C)c3)nc(C(C)(C)C)n2)cc(C(C)(C)C)c1.CC(C)(C)c1ccc(C#N)cc1C#N.Cc1cc(C(C)(C)C)cc(C)n1. The number of hydrogen-bond donors (Lipinski definition) is 0. The second kappa shape index (κ2) is 41.3. The van der Waals surface area contributed by atoms with Crippen LogP contribution in [0.4, 0.5) is 0 Å². The van der Waals surface area contributed by atoms with Gasteiger partial charge < -0.3 is 0 Å². The lowest BCUT2D eigenvalue weighted by molar-refractivity contribution is 0.543. The van der Waals surface area contributed by atoms with Crippen LogP contribution in [0, 0.1) is 36.5 Å². The van der Waals surface area contributed by atoms with E-state index in [1.165, 1.54) is 100 Å². The number of aryl methyl sites for hydroxylation is 2. The molecule has 7 aromatic carbocycles. The highest BCUT2D eigenvalue weighted by Crippen LogP contribution is 2.45. The Morgan fingerprint density at radius 3 is 0.571 bits per heavy atom. The number of pyridine rings is 2. The van der Waals surface area contributed by atoms with E-state index >= 15 is 0 Å². The van der Waals surface area contributed by atoms with Gasteiger partial charge in [0.15, 0.2) is 11.6 Å². The molecule has 0 aliphatic rings. The molecule has 0 atom stereocenters. The van der Waals surface area contributed by atoms with E-state index in [0.29, 0.717) is 11.1 Å². The van der Waals surface area contributed by atoms with Gasteiger partial charge in [-0.3, -0.25) is 4.98 Å². The van der Waals surface area contributed by atoms with Crippen molar-refractivity contribution in [2.24, 2.45) is 0 Å². The zero-order chi connectivity index (χ0) is 107. The fourth-order valence-corrected chi connectivity index (χ4v) is 15.7. The lowest BCUT2D eigenvalue weighted by Crippen LogP contribution is -2.20. The summed E-state index contributed by atoms with van der Waals surface area (Å²) >= 11 is 0. The molecule has 0 fully saturated rings. The Labute approximate surface area is 854 Å². The second-order valence-electron chi connectivity index (χ2n) is 57.6. The van der Waals surface area contributed by atoms with Crippen LogP contribution in [0.5, 0.6) is 0 Å². The highest BCUT2D eigenvalue weighted by atomic mass is 15.0. The Morgan fingerprint density at radius 2 is 0.371 bits per heavy atom. The molecule has 0 aliphatic heterocycles. The van der Waals surface area contributed by atoms with Crippen LogP contribution in [0.25, 0.3) is 67.8 Å². The average Bonchev–Trinajstić information content (AvgIpc) is 0.770. The molecule has 0 aliphatic carbocycles. The van der Waals surface area contributed by atoms with Gasteiger partial charge in [-0.1, -0.05) is 396 Å². The topological polar surface area (TPSA) is 138 Å². The van der Waals surface area contributed by atoms with Gasteiger partial charge in [0.1, 0.15) is 11.6 Å². The van der Waals surface area contributed by atoms with Crippen molar-refractivity contribution in [1.29, 1.82) is 10.5 Å². The van der Waals surface area contributed by atoms with Gasteiger partial charge in [0.05, 0.1) is 46.0 Å². The Bertz CT molecular complexity index is 5320. The number of aromatic nitrogens is 7. The van der Waals surface area contributed by atoms with Gasteiger partial charge >= 0.3 is 0 Å². The molecule has 9 nitrogen and oxygen atoms in total. The minimum absolute atomic E-state index is 0.00935. The summed E-state index contributed by atoms with van der Waals surface area (Å²) in [4.78, 5) is 35.4. The Morgan fingerprint density at radius 1 is 0.171 bits per heavy atom. The van der Waals surface area contributed by atoms with E-state index in [0.717, 1.165) is 74.2 Å². The van der Waals surface area contributed by atoms with Crippen molar-refractivity contribution < 1.29 is 0 Å². The third kappa shape index (κ3) is 32.2. The maximum atomic E-state index is 8.94. The predicted octanol–water partition coefficient (Wildman–Crippen LogP) is 36.6. The summed E-state index contributed by atoms with van der Waals surface area (Å²) in [5, 5.41) is 17.6. The highest BCUT2D eigenvalue weighted by molar-refractivity contribution is 5.74. The number of hydrogen-bond acceptors (Lipinski definition) is 9. The molecule has 0 bridgehead atoms. The van der Waals surface area contributed by atoms with E-state index in [1.807, 2.05) is 26.0 Å². The molecule has 0 saturated carbocycles. The van der Waals surface area contributed by atoms with Crippen molar-refractivity contribution in [2.75, 3.05) is 0 Å². The lowest BCUT2D eigenvalue weighted by Gasteiger charge is -2.28. The maximum absolute atomic E-state index is 8.94. The van der Waals surface area contributed by atoms with E-state index in [4.69, 9.17) is 40.4 Å². The number of benzene rings is 7. The van der Waals surface area contributed by atoms with Gasteiger partial charge in [-0.15, -0.1) is 0 Å². The third-order valence-corrected chi connectivity index (χ3v) is 26.1. The number of nitrogens with zero attached hydrogens (tertiary/aromatic N) is 9. The van der Waals surface area contributed by atoms with Crippen LogP contribution in [0.3, 0.4) is 0 Å². The Balaban J connectivity index is 0.000000252. The van der Waals surface area contributed by atoms with Crippen molar-refractivity contribution >= 4 is 0 Å². The van der Waals surface area contributed by atoms with Crippen LogP contribution in [0.15, 0.2) is 158 Å². The van der Waals surface area contributed by atoms with Crippen LogP contribution in [-0.2, 0) is 92.1 Å². The predicted molar refractivity (Wildman–Crippen MR) is 606 cm³/mol. The highest BCUT2D eigenvalue weighted by Gasteiger charge is 2.34. The number of rotatable bonds is 6. The molecule has 0 unspecified atom stereocenters. The van der Waals surface area contributed by atoms with E-state index in [-0.39, 0.29) is 92.1 Å². The standard InChI is InChI=1S/C37H53N.C36H52N2.C35H51N3.C12H12N2.C11H17N/c1-33(2,3)26-16-24(17-27(20-26)34(4,5)6)31-22-30(37(13,14)15)23-32(38-31)25-18-28(35(7,8)9)21-29(19-25)36(10,11)12;1-32(2,3)25-16-23(17-26(20-25)33(4,5)6)29-22-30(38-31(37-29)36(13,14)15)24-18-27(34(7,8)9)21-28(19-24)35(10,11)12;1-31(2,3)24-16-22(17-25(20-24)32(4,5)6)28-36-29(38-30(37-28)35(13,14)15)23-18-26(33(7,8)9)21-27(19-23)34(10,11)12;1-12(2,3)11-5-4-9(7-13)6-10(11)8-14;1-8-6-10(11(3,4)5)7-9(2)12-8/h16-23H,1-15H3;16-22H,1-15H3;16-21H,1-15H3;4-6H,1-3H3;6-7H,1-5H3. The third-order valence-electron chi connectivity index (χ3n) is 26.1. The van der Waals surface area contributed by atoms with Gasteiger partial charge in [0.2, 0.25) is 0 Å². The smallest absolute Gasteiger partial charge is 0.163 e. The number of nitriles is 2. The normalized spacial score (nSPS) is 13.2. The minimum atomic E-state index is -0.213. The van der Waals surface area contributed by atoms with Crippen molar-refractivity contribution in [3.05, 3.63) is 275 Å². The lowest BCUT2D eigenvalue weighted by atomic mass is 9.78. The van der Waals surface area contributed by atoms with Gasteiger partial charge in [-0.05, 0) is 294 Å². The molecule has 11 rings (SSSR count). The Kier molecular flexibility index (Phi) is 34.5. The summed E-state index contributed by atoms with van der Waals surface area (Å²) in [6, 6.07) is 62.6. The summed E-state index contributed by atoms with van der Waals surface area (Å²) in [7, 11) is 0. The largest absolute Gasteiger partial charge is 0.258 e. The van der Waals surface area contributed by atoms with Crippen LogP contribution in [0.2, 0.25) is 0 Å². The fraction of sp³-hybridized carbons (Fsp3) is 0.534. The fourth-order valence-electron chi connectivity index (χ4n) is 15.7. The zero-order valence-corrected chi connectivity index (χ0v) is 98.0. The summed E-state index contributed by atoms with van der Waals surface area (Å²) in [5.74, 6) is 3.18. The molecule has 0 amide bonds. The van der Waals surface area contributed by atoms with Crippen LogP contribution in [-0.4, -0.2) is 34.9 Å². The molecule has 0 saturated heterocycles. The van der Waals surface area contributed by atoms with E-state index in [1.54, 1.807) is 12.1 Å². The molecular weight excluding hydrogens is 1700 g/mol. The molecule has 11 aromatic rings. The molecular formula is C131H185N9. The van der Waals surface area contributed by atoms with Crippen molar-refractivity contribution in [3.63, 3.8) is 0 Å². The van der Waals surface area contributed by atoms with Gasteiger partial charge in [0, 0.05) is 55.6 Å². The summed E-state index contributed by atoms with van der Waals surface area (Å²) < 4.78 is 0. The van der Waals surface area contributed by atoms with Crippen LogP contribution < -0.4 is 0 Å². The van der Waals surface area contributed by atoms with Gasteiger partial charge in [-0.2, -0.15) is 10.5 Å². The quantitative estimate of drug-likeness (QED) is 0.159. The van der Waals surface area contributed by atoms with E-state index in [9.17, 15) is 0 Å². The molecule has 140 heavy (non-hydrogen) atoms. The van der Waals surface area contributed by atoms with E-state index in [2.05, 4.69) is 504 Å². The maximum Gasteiger partial charge on any atom is 0.163 e. The molecule has 4 aromatic heterocycles. The van der Waals surface area contributed by atoms with Gasteiger partial charge in [0.25, 0.3) is 0 Å². The first-order chi connectivity index (χ1) is 62.8. The summed E-state index contributed by atoms with van der Waals surface area (Å²) in [6.45, 7) is 119. The molecule has 4 heterocycles. The summed E-state index contributed by atoms with van der Waals surface area (Å²) in [6.07, 6.45) is 0. The molecule has 0 spiro atoms. The second-order valence-corrected chi connectivity index (χ2v) is 57.6. The monoisotopic (exact) mass is 1880 g/mol.